The van der Waals surface area contributed by atoms with Crippen molar-refractivity contribution in [3.8, 4) is 0 Å². The largest absolute Gasteiger partial charge is 0.302 e. The summed E-state index contributed by atoms with van der Waals surface area (Å²) in [4.78, 5) is 2.58. The van der Waals surface area contributed by atoms with Crippen LogP contribution in [-0.4, -0.2) is 24.5 Å². The highest BCUT2D eigenvalue weighted by Gasteiger charge is 2.60. The zero-order valence-electron chi connectivity index (χ0n) is 10.5. The van der Waals surface area contributed by atoms with Crippen LogP contribution in [0.5, 0.6) is 0 Å². The third-order valence-corrected chi connectivity index (χ3v) is 4.99. The number of nitrogens with zero attached hydrogens (tertiary/aromatic N) is 1. The average molecular weight is 307 g/mol. The molecule has 100 valence electrons. The molecule has 1 heterocycles. The quantitative estimate of drug-likeness (QED) is 0.800. The second-order valence-electron chi connectivity index (χ2n) is 5.42. The van der Waals surface area contributed by atoms with E-state index < -0.39 is 0 Å². The van der Waals surface area contributed by atoms with E-state index in [4.69, 9.17) is 23.2 Å². The minimum Gasteiger partial charge on any atom is -0.302 e. The van der Waals surface area contributed by atoms with Crippen LogP contribution in [0.4, 0.5) is 0 Å². The summed E-state index contributed by atoms with van der Waals surface area (Å²) in [6, 6.07) is 6.16. The van der Waals surface area contributed by atoms with Crippen molar-refractivity contribution in [2.75, 3.05) is 19.6 Å². The van der Waals surface area contributed by atoms with Gasteiger partial charge in [0.1, 0.15) is 0 Å². The van der Waals surface area contributed by atoms with Crippen molar-refractivity contribution in [2.24, 2.45) is 5.92 Å². The highest BCUT2D eigenvalue weighted by Crippen LogP contribution is 2.59. The van der Waals surface area contributed by atoms with E-state index in [1.54, 1.807) is 0 Å². The number of halogens is 3. The molecule has 2 aliphatic rings. The Balaban J connectivity index is 0.00000120. The summed E-state index contributed by atoms with van der Waals surface area (Å²) < 4.78 is 0. The van der Waals surface area contributed by atoms with Gasteiger partial charge in [0, 0.05) is 18.5 Å². The van der Waals surface area contributed by atoms with E-state index in [1.165, 1.54) is 38.0 Å². The number of fused-ring (bicyclic) bond motifs is 1. The summed E-state index contributed by atoms with van der Waals surface area (Å²) >= 11 is 12.1. The number of likely N-dealkylation sites (tertiary alicyclic amines) is 1. The molecule has 18 heavy (non-hydrogen) atoms. The smallest absolute Gasteiger partial charge is 0.0595 e. The Kier molecular flexibility index (Phi) is 4.18. The van der Waals surface area contributed by atoms with Gasteiger partial charge in [-0.25, -0.2) is 0 Å². The number of hydrogen-bond acceptors (Lipinski definition) is 1. The van der Waals surface area contributed by atoms with E-state index in [0.29, 0.717) is 15.5 Å². The zero-order chi connectivity index (χ0) is 12.0. The number of hydrogen-bond donors (Lipinski definition) is 0. The Morgan fingerprint density at radius 2 is 2.11 bits per heavy atom. The van der Waals surface area contributed by atoms with Crippen LogP contribution < -0.4 is 0 Å². The van der Waals surface area contributed by atoms with Crippen molar-refractivity contribution in [3.63, 3.8) is 0 Å². The third kappa shape index (κ3) is 2.27. The second kappa shape index (κ2) is 5.20. The van der Waals surface area contributed by atoms with Gasteiger partial charge in [-0.05, 0) is 43.0 Å². The zero-order valence-corrected chi connectivity index (χ0v) is 12.8. The molecule has 0 amide bonds. The van der Waals surface area contributed by atoms with Crippen molar-refractivity contribution < 1.29 is 0 Å². The van der Waals surface area contributed by atoms with Crippen LogP contribution in [0.25, 0.3) is 0 Å². The molecular weight excluding hydrogens is 289 g/mol. The highest BCUT2D eigenvalue weighted by atomic mass is 35.5. The molecule has 3 rings (SSSR count). The van der Waals surface area contributed by atoms with E-state index >= 15 is 0 Å². The van der Waals surface area contributed by atoms with Crippen molar-refractivity contribution in [1.29, 1.82) is 0 Å². The van der Waals surface area contributed by atoms with Crippen molar-refractivity contribution in [2.45, 2.75) is 25.2 Å². The van der Waals surface area contributed by atoms with Gasteiger partial charge in [-0.1, -0.05) is 36.2 Å². The summed E-state index contributed by atoms with van der Waals surface area (Å²) in [6.07, 6.45) is 2.56. The standard InChI is InChI=1S/C14H17Cl2N.ClH/c1-2-5-17-8-11-7-14(11,9-17)10-3-4-12(15)13(16)6-10;/h3-4,6,11H,2,5,7-9H2,1H3;1H/t11-,14-;/m0./s1. The molecule has 1 aliphatic carbocycles. The van der Waals surface area contributed by atoms with Gasteiger partial charge in [-0.15, -0.1) is 12.4 Å². The average Bonchev–Trinajstić information content (AvgIpc) is 2.87. The van der Waals surface area contributed by atoms with Gasteiger partial charge in [-0.3, -0.25) is 0 Å². The van der Waals surface area contributed by atoms with E-state index in [-0.39, 0.29) is 12.4 Å². The fourth-order valence-electron chi connectivity index (χ4n) is 3.33. The monoisotopic (exact) mass is 305 g/mol. The predicted octanol–water partition coefficient (Wildman–Crippen LogP) is 4.40. The molecule has 2 fully saturated rings. The summed E-state index contributed by atoms with van der Waals surface area (Å²) in [5.74, 6) is 0.839. The molecule has 0 unspecified atom stereocenters. The lowest BCUT2D eigenvalue weighted by Crippen LogP contribution is -2.27. The van der Waals surface area contributed by atoms with Crippen LogP contribution in [-0.2, 0) is 5.41 Å². The van der Waals surface area contributed by atoms with Crippen LogP contribution in [0, 0.1) is 5.92 Å². The molecule has 1 nitrogen and oxygen atoms in total. The van der Waals surface area contributed by atoms with Gasteiger partial charge in [-0.2, -0.15) is 0 Å². The van der Waals surface area contributed by atoms with E-state index in [2.05, 4.69) is 24.0 Å². The summed E-state index contributed by atoms with van der Waals surface area (Å²) in [6.45, 7) is 5.92. The van der Waals surface area contributed by atoms with Crippen molar-refractivity contribution in [3.05, 3.63) is 33.8 Å². The Hall–Kier alpha value is 0.0500. The van der Waals surface area contributed by atoms with E-state index in [0.717, 1.165) is 5.92 Å². The van der Waals surface area contributed by atoms with Crippen LogP contribution >= 0.6 is 35.6 Å². The van der Waals surface area contributed by atoms with Gasteiger partial charge >= 0.3 is 0 Å². The Morgan fingerprint density at radius 3 is 2.78 bits per heavy atom. The molecule has 1 aliphatic heterocycles. The maximum absolute atomic E-state index is 6.12. The normalized spacial score (nSPS) is 29.8. The predicted molar refractivity (Wildman–Crippen MR) is 80.2 cm³/mol. The molecule has 0 radical (unpaired) electrons. The Morgan fingerprint density at radius 1 is 1.33 bits per heavy atom. The van der Waals surface area contributed by atoms with Gasteiger partial charge in [0.25, 0.3) is 0 Å². The SMILES string of the molecule is CCCN1C[C@@H]2C[C@@]2(c2ccc(Cl)c(Cl)c2)C1.Cl. The first-order valence-corrected chi connectivity index (χ1v) is 7.09. The summed E-state index contributed by atoms with van der Waals surface area (Å²) in [5.41, 5.74) is 1.78. The first kappa shape index (κ1) is 14.5. The number of benzene rings is 1. The Bertz CT molecular complexity index is 449. The summed E-state index contributed by atoms with van der Waals surface area (Å²) in [5, 5.41) is 1.35. The van der Waals surface area contributed by atoms with E-state index in [9.17, 15) is 0 Å². The molecule has 0 spiro atoms. The highest BCUT2D eigenvalue weighted by molar-refractivity contribution is 6.42. The van der Waals surface area contributed by atoms with Crippen molar-refractivity contribution in [1.82, 2.24) is 4.90 Å². The van der Waals surface area contributed by atoms with Crippen molar-refractivity contribution >= 4 is 35.6 Å². The first-order chi connectivity index (χ1) is 8.15. The molecule has 1 saturated carbocycles. The van der Waals surface area contributed by atoms with Crippen LogP contribution in [0.3, 0.4) is 0 Å². The Labute approximate surface area is 125 Å². The topological polar surface area (TPSA) is 3.24 Å². The molecular formula is C14H18Cl3N. The lowest BCUT2D eigenvalue weighted by atomic mass is 9.95. The van der Waals surface area contributed by atoms with E-state index in [1.807, 2.05) is 6.07 Å². The maximum Gasteiger partial charge on any atom is 0.0595 e. The molecule has 2 atom stereocenters. The van der Waals surface area contributed by atoms with Crippen LogP contribution in [0.15, 0.2) is 18.2 Å². The lowest BCUT2D eigenvalue weighted by molar-refractivity contribution is 0.299. The van der Waals surface area contributed by atoms with Crippen LogP contribution in [0.2, 0.25) is 10.0 Å². The fraction of sp³-hybridized carbons (Fsp3) is 0.571. The van der Waals surface area contributed by atoms with Gasteiger partial charge in [0.05, 0.1) is 10.0 Å². The molecule has 0 aromatic heterocycles. The molecule has 0 bridgehead atoms. The minimum absolute atomic E-state index is 0. The molecule has 4 heteroatoms. The lowest BCUT2D eigenvalue weighted by Gasteiger charge is -2.20. The van der Waals surface area contributed by atoms with Crippen LogP contribution in [0.1, 0.15) is 25.3 Å². The maximum atomic E-state index is 6.12. The molecule has 1 aromatic carbocycles. The number of piperidine rings is 1. The first-order valence-electron chi connectivity index (χ1n) is 6.33. The van der Waals surface area contributed by atoms with Gasteiger partial charge < -0.3 is 4.90 Å². The second-order valence-corrected chi connectivity index (χ2v) is 6.24. The molecule has 1 aromatic rings. The number of rotatable bonds is 3. The third-order valence-electron chi connectivity index (χ3n) is 4.25. The molecule has 1 saturated heterocycles. The summed E-state index contributed by atoms with van der Waals surface area (Å²) in [7, 11) is 0. The molecule has 0 N–H and O–H groups in total. The fourth-order valence-corrected chi connectivity index (χ4v) is 3.62. The van der Waals surface area contributed by atoms with Gasteiger partial charge in [0.2, 0.25) is 0 Å². The van der Waals surface area contributed by atoms with Gasteiger partial charge in [0.15, 0.2) is 0 Å². The minimum atomic E-state index is 0.